The predicted octanol–water partition coefficient (Wildman–Crippen LogP) is 3.79. The van der Waals surface area contributed by atoms with Gasteiger partial charge in [-0.1, -0.05) is 26.8 Å². The van der Waals surface area contributed by atoms with Crippen LogP contribution in [0, 0.1) is 12.3 Å². The van der Waals surface area contributed by atoms with E-state index in [4.69, 9.17) is 0 Å². The molecule has 3 heteroatoms. The molecule has 1 aromatic carbocycles. The van der Waals surface area contributed by atoms with E-state index >= 15 is 0 Å². The molecule has 2 nitrogen and oxygen atoms in total. The summed E-state index contributed by atoms with van der Waals surface area (Å²) >= 11 is 4.30. The SMILES string of the molecule is Cc1ccc(S)cc1C(=O)N(C)C(C)C(C)(C)C. The van der Waals surface area contributed by atoms with Crippen LogP contribution in [0.25, 0.3) is 0 Å². The lowest BCUT2D eigenvalue weighted by Crippen LogP contribution is -2.43. The maximum Gasteiger partial charge on any atom is 0.254 e. The summed E-state index contributed by atoms with van der Waals surface area (Å²) in [6, 6.07) is 5.85. The Bertz CT molecular complexity index is 448. The zero-order chi connectivity index (χ0) is 14.1. The lowest BCUT2D eigenvalue weighted by atomic mass is 9.87. The Hall–Kier alpha value is -0.960. The first-order valence-corrected chi connectivity index (χ1v) is 6.66. The molecule has 0 bridgehead atoms. The summed E-state index contributed by atoms with van der Waals surface area (Å²) in [4.78, 5) is 15.1. The monoisotopic (exact) mass is 265 g/mol. The van der Waals surface area contributed by atoms with Crippen molar-refractivity contribution in [3.05, 3.63) is 29.3 Å². The Morgan fingerprint density at radius 2 is 1.89 bits per heavy atom. The van der Waals surface area contributed by atoms with Gasteiger partial charge in [-0.25, -0.2) is 0 Å². The summed E-state index contributed by atoms with van der Waals surface area (Å²) in [7, 11) is 1.86. The Morgan fingerprint density at radius 3 is 2.39 bits per heavy atom. The Labute approximate surface area is 116 Å². The van der Waals surface area contributed by atoms with Gasteiger partial charge in [-0.2, -0.15) is 0 Å². The Kier molecular flexibility index (Phi) is 4.49. The van der Waals surface area contributed by atoms with Crippen molar-refractivity contribution in [3.8, 4) is 0 Å². The van der Waals surface area contributed by atoms with Gasteiger partial charge in [-0.3, -0.25) is 4.79 Å². The molecule has 1 unspecified atom stereocenters. The molecule has 0 aliphatic carbocycles. The number of thiol groups is 1. The quantitative estimate of drug-likeness (QED) is 0.807. The summed E-state index contributed by atoms with van der Waals surface area (Å²) in [5, 5.41) is 0. The van der Waals surface area contributed by atoms with E-state index in [1.54, 1.807) is 0 Å². The van der Waals surface area contributed by atoms with Crippen molar-refractivity contribution >= 4 is 18.5 Å². The number of carbonyl (C=O) groups is 1. The van der Waals surface area contributed by atoms with Gasteiger partial charge >= 0.3 is 0 Å². The van der Waals surface area contributed by atoms with Crippen molar-refractivity contribution in [2.45, 2.75) is 45.6 Å². The third kappa shape index (κ3) is 3.29. The molecule has 0 saturated heterocycles. The van der Waals surface area contributed by atoms with Crippen LogP contribution in [0.4, 0.5) is 0 Å². The fourth-order valence-electron chi connectivity index (χ4n) is 1.79. The molecule has 0 spiro atoms. The number of rotatable bonds is 2. The maximum atomic E-state index is 12.5. The highest BCUT2D eigenvalue weighted by molar-refractivity contribution is 7.80. The predicted molar refractivity (Wildman–Crippen MR) is 79.4 cm³/mol. The minimum Gasteiger partial charge on any atom is -0.338 e. The van der Waals surface area contributed by atoms with Crippen molar-refractivity contribution in [1.82, 2.24) is 4.90 Å². The van der Waals surface area contributed by atoms with Gasteiger partial charge in [-0.15, -0.1) is 12.6 Å². The van der Waals surface area contributed by atoms with E-state index in [0.29, 0.717) is 0 Å². The molecule has 0 heterocycles. The van der Waals surface area contributed by atoms with Gasteiger partial charge in [0.2, 0.25) is 0 Å². The molecular formula is C15H23NOS. The first kappa shape index (κ1) is 15.1. The van der Waals surface area contributed by atoms with Gasteiger partial charge in [0, 0.05) is 23.5 Å². The molecule has 0 N–H and O–H groups in total. The van der Waals surface area contributed by atoms with E-state index in [2.05, 4.69) is 40.3 Å². The van der Waals surface area contributed by atoms with Gasteiger partial charge in [-0.05, 0) is 37.0 Å². The van der Waals surface area contributed by atoms with Crippen LogP contribution >= 0.6 is 12.6 Å². The zero-order valence-corrected chi connectivity index (χ0v) is 13.0. The van der Waals surface area contributed by atoms with Crippen molar-refractivity contribution in [1.29, 1.82) is 0 Å². The Balaban J connectivity index is 3.04. The molecule has 0 saturated carbocycles. The fourth-order valence-corrected chi connectivity index (χ4v) is 1.99. The highest BCUT2D eigenvalue weighted by Gasteiger charge is 2.28. The third-order valence-electron chi connectivity index (χ3n) is 3.61. The molecule has 1 atom stereocenters. The average molecular weight is 265 g/mol. The summed E-state index contributed by atoms with van der Waals surface area (Å²) < 4.78 is 0. The van der Waals surface area contributed by atoms with Gasteiger partial charge < -0.3 is 4.90 Å². The van der Waals surface area contributed by atoms with Gasteiger partial charge in [0.25, 0.3) is 5.91 Å². The molecule has 0 aliphatic rings. The van der Waals surface area contributed by atoms with E-state index < -0.39 is 0 Å². The molecule has 100 valence electrons. The minimum absolute atomic E-state index is 0.0609. The second-order valence-electron chi connectivity index (χ2n) is 5.96. The number of carbonyl (C=O) groups excluding carboxylic acids is 1. The average Bonchev–Trinajstić information content (AvgIpc) is 2.28. The van der Waals surface area contributed by atoms with Crippen LogP contribution in [-0.4, -0.2) is 23.9 Å². The van der Waals surface area contributed by atoms with Gasteiger partial charge in [0.15, 0.2) is 0 Å². The van der Waals surface area contributed by atoms with Gasteiger partial charge in [0.1, 0.15) is 0 Å². The summed E-state index contributed by atoms with van der Waals surface area (Å²) in [6.07, 6.45) is 0. The summed E-state index contributed by atoms with van der Waals surface area (Å²) in [5.41, 5.74) is 1.79. The first-order valence-electron chi connectivity index (χ1n) is 6.21. The summed E-state index contributed by atoms with van der Waals surface area (Å²) in [6.45, 7) is 10.5. The Morgan fingerprint density at radius 1 is 1.33 bits per heavy atom. The number of amides is 1. The van der Waals surface area contributed by atoms with Crippen LogP contribution in [0.15, 0.2) is 23.1 Å². The van der Waals surface area contributed by atoms with E-state index in [9.17, 15) is 4.79 Å². The van der Waals surface area contributed by atoms with Crippen molar-refractivity contribution < 1.29 is 4.79 Å². The molecule has 1 amide bonds. The smallest absolute Gasteiger partial charge is 0.254 e. The van der Waals surface area contributed by atoms with E-state index in [1.165, 1.54) is 0 Å². The molecule has 0 aromatic heterocycles. The number of benzene rings is 1. The van der Waals surface area contributed by atoms with Crippen LogP contribution < -0.4 is 0 Å². The molecular weight excluding hydrogens is 242 g/mol. The highest BCUT2D eigenvalue weighted by Crippen LogP contribution is 2.25. The first-order chi connectivity index (χ1) is 8.14. The van der Waals surface area contributed by atoms with Crippen LogP contribution in [0.3, 0.4) is 0 Å². The second kappa shape index (κ2) is 5.35. The molecule has 1 rings (SSSR count). The van der Waals surface area contributed by atoms with Crippen LogP contribution in [0.1, 0.15) is 43.6 Å². The van der Waals surface area contributed by atoms with Crippen molar-refractivity contribution in [2.75, 3.05) is 7.05 Å². The normalized spacial score (nSPS) is 13.3. The van der Waals surface area contributed by atoms with Crippen molar-refractivity contribution in [2.24, 2.45) is 5.41 Å². The van der Waals surface area contributed by atoms with Crippen LogP contribution in [0.2, 0.25) is 0 Å². The maximum absolute atomic E-state index is 12.5. The van der Waals surface area contributed by atoms with Crippen molar-refractivity contribution in [3.63, 3.8) is 0 Å². The minimum atomic E-state index is 0.0609. The molecule has 0 radical (unpaired) electrons. The van der Waals surface area contributed by atoms with E-state index in [-0.39, 0.29) is 17.4 Å². The molecule has 18 heavy (non-hydrogen) atoms. The van der Waals surface area contributed by atoms with Gasteiger partial charge in [0.05, 0.1) is 0 Å². The largest absolute Gasteiger partial charge is 0.338 e. The number of nitrogens with zero attached hydrogens (tertiary/aromatic N) is 1. The number of hydrogen-bond acceptors (Lipinski definition) is 2. The molecule has 0 aliphatic heterocycles. The molecule has 0 fully saturated rings. The van der Waals surface area contributed by atoms with Crippen LogP contribution in [-0.2, 0) is 0 Å². The topological polar surface area (TPSA) is 20.3 Å². The summed E-state index contributed by atoms with van der Waals surface area (Å²) in [5.74, 6) is 0.0609. The van der Waals surface area contributed by atoms with Crippen LogP contribution in [0.5, 0.6) is 0 Å². The lowest BCUT2D eigenvalue weighted by molar-refractivity contribution is 0.0628. The fraction of sp³-hybridized carbons (Fsp3) is 0.533. The zero-order valence-electron chi connectivity index (χ0n) is 12.1. The third-order valence-corrected chi connectivity index (χ3v) is 3.88. The van der Waals surface area contributed by atoms with E-state index in [1.807, 2.05) is 37.1 Å². The molecule has 1 aromatic rings. The standard InChI is InChI=1S/C15H23NOS/c1-10-7-8-12(18)9-13(10)14(17)16(6)11(2)15(3,4)5/h7-9,11,18H,1-6H3. The van der Waals surface area contributed by atoms with E-state index in [0.717, 1.165) is 16.0 Å². The lowest BCUT2D eigenvalue weighted by Gasteiger charge is -2.35. The number of aryl methyl sites for hydroxylation is 1. The second-order valence-corrected chi connectivity index (χ2v) is 6.47. The number of hydrogen-bond donors (Lipinski definition) is 1. The highest BCUT2D eigenvalue weighted by atomic mass is 32.1.